The van der Waals surface area contributed by atoms with Gasteiger partial charge in [-0.3, -0.25) is 14.3 Å². The Hall–Kier alpha value is -1.99. The fourth-order valence-corrected chi connectivity index (χ4v) is 6.46. The topological polar surface area (TPSA) is 64.0 Å². The van der Waals surface area contributed by atoms with E-state index in [2.05, 4.69) is 10.4 Å². The Morgan fingerprint density at radius 1 is 0.973 bits per heavy atom. The molecule has 190 valence electrons. The summed E-state index contributed by atoms with van der Waals surface area (Å²) in [5.74, 6) is -1.93. The molecule has 2 atom stereocenters. The number of anilines is 1. The number of alkyl halides is 2. The Balaban J connectivity index is 1.36. The van der Waals surface area contributed by atoms with Crippen LogP contribution >= 0.6 is 69.6 Å². The number of aryl methyl sites for hydroxylation is 1. The van der Waals surface area contributed by atoms with Crippen LogP contribution in [0.3, 0.4) is 0 Å². The summed E-state index contributed by atoms with van der Waals surface area (Å²) in [4.78, 5) is 26.3. The summed E-state index contributed by atoms with van der Waals surface area (Å²) in [6.07, 6.45) is -0.0229. The number of fused-ring (bicyclic) bond motifs is 1. The Kier molecular flexibility index (Phi) is 7.16. The van der Waals surface area contributed by atoms with Crippen LogP contribution in [0, 0.1) is 5.92 Å². The minimum absolute atomic E-state index is 0.0229. The standard InChI is InChI=1S/C26H17Cl6N3O2/c1-35-20-4-2-3-18(30)22(20)19(34-35)11-21(36)16-10-15(5-6-17(16)29)33-25(37)24-23(26(24,31)32)12-7-13(27)9-14(28)8-12/h2-10,23-24H,11H2,1H3,(H,33,37). The van der Waals surface area contributed by atoms with E-state index in [-0.39, 0.29) is 22.8 Å². The summed E-state index contributed by atoms with van der Waals surface area (Å²) in [5.41, 5.74) is 2.63. The van der Waals surface area contributed by atoms with E-state index < -0.39 is 22.1 Å². The van der Waals surface area contributed by atoms with Gasteiger partial charge in [0.1, 0.15) is 4.33 Å². The van der Waals surface area contributed by atoms with E-state index in [1.165, 1.54) is 6.07 Å². The van der Waals surface area contributed by atoms with E-state index in [0.29, 0.717) is 37.4 Å². The predicted molar refractivity (Wildman–Crippen MR) is 151 cm³/mol. The van der Waals surface area contributed by atoms with Gasteiger partial charge in [0.2, 0.25) is 5.91 Å². The quantitative estimate of drug-likeness (QED) is 0.176. The molecule has 4 aromatic rings. The normalized spacial score (nSPS) is 18.1. The molecule has 0 saturated heterocycles. The van der Waals surface area contributed by atoms with Crippen LogP contribution in [0.5, 0.6) is 0 Å². The van der Waals surface area contributed by atoms with Gasteiger partial charge in [0, 0.05) is 39.6 Å². The van der Waals surface area contributed by atoms with Crippen LogP contribution in [0.4, 0.5) is 5.69 Å². The maximum Gasteiger partial charge on any atom is 0.231 e. The van der Waals surface area contributed by atoms with Crippen LogP contribution in [-0.2, 0) is 18.3 Å². The zero-order chi connectivity index (χ0) is 26.6. The fourth-order valence-electron chi connectivity index (χ4n) is 4.58. The second-order valence-corrected chi connectivity index (χ2v) is 12.0. The van der Waals surface area contributed by atoms with Crippen molar-refractivity contribution in [3.05, 3.63) is 91.5 Å². The number of benzene rings is 3. The molecule has 37 heavy (non-hydrogen) atoms. The maximum absolute atomic E-state index is 13.2. The molecule has 0 aliphatic heterocycles. The monoisotopic (exact) mass is 613 g/mol. The van der Waals surface area contributed by atoms with E-state index in [1.807, 2.05) is 12.1 Å². The molecule has 1 fully saturated rings. The molecule has 3 aromatic carbocycles. The molecule has 1 heterocycles. The Morgan fingerprint density at radius 2 is 1.68 bits per heavy atom. The van der Waals surface area contributed by atoms with Crippen molar-refractivity contribution in [2.75, 3.05) is 5.32 Å². The van der Waals surface area contributed by atoms with Gasteiger partial charge in [-0.15, -0.1) is 23.2 Å². The zero-order valence-electron chi connectivity index (χ0n) is 19.0. The van der Waals surface area contributed by atoms with Crippen LogP contribution in [0.1, 0.15) is 27.5 Å². The minimum atomic E-state index is -1.33. The van der Waals surface area contributed by atoms with Gasteiger partial charge in [0.25, 0.3) is 0 Å². The first-order chi connectivity index (χ1) is 17.5. The van der Waals surface area contributed by atoms with Gasteiger partial charge < -0.3 is 5.32 Å². The number of hydrogen-bond donors (Lipinski definition) is 1. The summed E-state index contributed by atoms with van der Waals surface area (Å²) < 4.78 is 0.342. The average molecular weight is 616 g/mol. The molecular formula is C26H17Cl6N3O2. The van der Waals surface area contributed by atoms with Crippen molar-refractivity contribution < 1.29 is 9.59 Å². The second kappa shape index (κ2) is 9.96. The predicted octanol–water partition coefficient (Wildman–Crippen LogP) is 8.14. The molecule has 1 aromatic heterocycles. The summed E-state index contributed by atoms with van der Waals surface area (Å²) in [6, 6.07) is 15.1. The number of carbonyl (C=O) groups is 2. The smallest absolute Gasteiger partial charge is 0.231 e. The first-order valence-electron chi connectivity index (χ1n) is 11.0. The number of nitrogens with one attached hydrogen (secondary N) is 1. The molecule has 11 heteroatoms. The van der Waals surface area contributed by atoms with Crippen LogP contribution in [-0.4, -0.2) is 25.8 Å². The number of rotatable bonds is 6. The number of hydrogen-bond acceptors (Lipinski definition) is 3. The number of ketones is 1. The average Bonchev–Trinajstić information content (AvgIpc) is 3.26. The second-order valence-electron chi connectivity index (χ2n) is 8.82. The van der Waals surface area contributed by atoms with Crippen LogP contribution in [0.2, 0.25) is 20.1 Å². The van der Waals surface area contributed by atoms with Crippen molar-refractivity contribution in [1.82, 2.24) is 9.78 Å². The number of nitrogens with zero attached hydrogens (tertiary/aromatic N) is 2. The first-order valence-corrected chi connectivity index (χ1v) is 13.3. The van der Waals surface area contributed by atoms with Crippen molar-refractivity contribution in [3.8, 4) is 0 Å². The number of aromatic nitrogens is 2. The Bertz CT molecular complexity index is 1560. The molecule has 1 saturated carbocycles. The highest BCUT2D eigenvalue weighted by Crippen LogP contribution is 2.65. The van der Waals surface area contributed by atoms with E-state index in [0.717, 1.165) is 5.52 Å². The lowest BCUT2D eigenvalue weighted by Gasteiger charge is -2.09. The molecule has 1 amide bonds. The van der Waals surface area contributed by atoms with E-state index >= 15 is 0 Å². The Labute approximate surface area is 242 Å². The van der Waals surface area contributed by atoms with Crippen molar-refractivity contribution >= 4 is 97.9 Å². The van der Waals surface area contributed by atoms with Gasteiger partial charge in [-0.1, -0.05) is 52.5 Å². The lowest BCUT2D eigenvalue weighted by molar-refractivity contribution is -0.117. The third kappa shape index (κ3) is 5.06. The molecule has 1 aliphatic rings. The molecule has 1 aliphatic carbocycles. The number of carbonyl (C=O) groups excluding carboxylic acids is 2. The molecule has 2 unspecified atom stereocenters. The van der Waals surface area contributed by atoms with Gasteiger partial charge in [0.15, 0.2) is 5.78 Å². The lowest BCUT2D eigenvalue weighted by atomic mass is 10.0. The zero-order valence-corrected chi connectivity index (χ0v) is 23.6. The summed E-state index contributed by atoms with van der Waals surface area (Å²) >= 11 is 37.8. The molecule has 5 nitrogen and oxygen atoms in total. The van der Waals surface area contributed by atoms with Crippen LogP contribution in [0.15, 0.2) is 54.6 Å². The highest BCUT2D eigenvalue weighted by molar-refractivity contribution is 6.53. The van der Waals surface area contributed by atoms with E-state index in [9.17, 15) is 9.59 Å². The largest absolute Gasteiger partial charge is 0.326 e. The van der Waals surface area contributed by atoms with E-state index in [4.69, 9.17) is 69.6 Å². The Morgan fingerprint density at radius 3 is 2.38 bits per heavy atom. The first kappa shape index (κ1) is 26.6. The van der Waals surface area contributed by atoms with Gasteiger partial charge >= 0.3 is 0 Å². The van der Waals surface area contributed by atoms with Crippen molar-refractivity contribution in [2.45, 2.75) is 16.7 Å². The van der Waals surface area contributed by atoms with Crippen LogP contribution in [0.25, 0.3) is 10.9 Å². The van der Waals surface area contributed by atoms with E-state index in [1.54, 1.807) is 48.1 Å². The summed E-state index contributed by atoms with van der Waals surface area (Å²) in [7, 11) is 1.78. The summed E-state index contributed by atoms with van der Waals surface area (Å²) in [6.45, 7) is 0. The third-order valence-corrected chi connectivity index (χ3v) is 8.36. The fraction of sp³-hybridized carbons (Fsp3) is 0.192. The van der Waals surface area contributed by atoms with Crippen LogP contribution < -0.4 is 5.32 Å². The number of amides is 1. The number of halogens is 6. The molecule has 0 radical (unpaired) electrons. The molecule has 0 bridgehead atoms. The highest BCUT2D eigenvalue weighted by Gasteiger charge is 2.67. The minimum Gasteiger partial charge on any atom is -0.326 e. The maximum atomic E-state index is 13.2. The van der Waals surface area contributed by atoms with Gasteiger partial charge in [-0.25, -0.2) is 0 Å². The highest BCUT2D eigenvalue weighted by atomic mass is 35.5. The van der Waals surface area contributed by atoms with Crippen molar-refractivity contribution in [1.29, 1.82) is 0 Å². The SMILES string of the molecule is Cn1nc(CC(=O)c2cc(NC(=O)C3C(c4cc(Cl)cc(Cl)c4)C3(Cl)Cl)ccc2Cl)c2c(Cl)cccc21. The third-order valence-electron chi connectivity index (χ3n) is 6.34. The number of Topliss-reactive ketones (excluding diaryl/α,β-unsaturated/α-hetero) is 1. The molecule has 0 spiro atoms. The molecule has 5 rings (SSSR count). The molecular weight excluding hydrogens is 599 g/mol. The van der Waals surface area contributed by atoms with Gasteiger partial charge in [-0.05, 0) is 54.1 Å². The van der Waals surface area contributed by atoms with Gasteiger partial charge in [0.05, 0.1) is 33.6 Å². The summed E-state index contributed by atoms with van der Waals surface area (Å²) in [5, 5.41) is 9.55. The van der Waals surface area contributed by atoms with Crippen molar-refractivity contribution in [2.24, 2.45) is 13.0 Å². The molecule has 1 N–H and O–H groups in total. The van der Waals surface area contributed by atoms with Crippen molar-refractivity contribution in [3.63, 3.8) is 0 Å². The van der Waals surface area contributed by atoms with Gasteiger partial charge in [-0.2, -0.15) is 5.10 Å². The lowest BCUT2D eigenvalue weighted by Crippen LogP contribution is -2.17.